The highest BCUT2D eigenvalue weighted by Gasteiger charge is 2.70. The molecule has 4 rings (SSSR count). The third kappa shape index (κ3) is 6.85. The Hall–Kier alpha value is -7.53. The van der Waals surface area contributed by atoms with Gasteiger partial charge in [0.05, 0.1) is 5.56 Å². The molecule has 4 atom stereocenters. The maximum absolute atomic E-state index is 14.2. The third-order valence-electron chi connectivity index (χ3n) is 8.24. The fraction of sp³-hybridized carbons (Fsp3) is 0.147. The number of aliphatic hydroxyl groups excluding tert-OH is 2. The maximum atomic E-state index is 14.2. The highest BCUT2D eigenvalue weighted by molar-refractivity contribution is 6.52. The summed E-state index contributed by atoms with van der Waals surface area (Å²) in [5.41, 5.74) is -14.3. The standard InChI is InChI=1S/C34H28O22/c35-14-1-10(2-15(36)24(14)45)23(44)31(52)34(55,29(50)12-5-18(39)26(47)19(40)6-12)33(54,28(49)11-3-16(37)25(46)17(38)4-11)30(51)22(43)9-56-32(53)13-7-20(41)27(48)21(42)8-13/h1-8,22,30,35-43,45-48,51,54-55H,9H2. The minimum absolute atomic E-state index is 0.189. The average molecular weight is 789 g/mol. The number of carbonyl (C=O) groups is 5. The number of ketones is 4. The van der Waals surface area contributed by atoms with E-state index in [4.69, 9.17) is 4.74 Å². The summed E-state index contributed by atoms with van der Waals surface area (Å²) in [4.78, 5) is 68.9. The van der Waals surface area contributed by atoms with Gasteiger partial charge in [0, 0.05) is 16.7 Å². The Labute approximate surface area is 309 Å². The Bertz CT molecular complexity index is 2220. The van der Waals surface area contributed by atoms with Gasteiger partial charge in [0.1, 0.15) is 18.8 Å². The van der Waals surface area contributed by atoms with Crippen molar-refractivity contribution < 1.29 is 110 Å². The van der Waals surface area contributed by atoms with Crippen LogP contribution in [0.25, 0.3) is 0 Å². The van der Waals surface area contributed by atoms with Gasteiger partial charge < -0.3 is 86.4 Å². The molecule has 0 amide bonds. The Balaban J connectivity index is 1.99. The lowest BCUT2D eigenvalue weighted by atomic mass is 9.65. The van der Waals surface area contributed by atoms with Crippen molar-refractivity contribution in [2.45, 2.75) is 23.4 Å². The lowest BCUT2D eigenvalue weighted by molar-refractivity contribution is -0.185. The molecule has 4 unspecified atom stereocenters. The minimum Gasteiger partial charge on any atom is -0.504 e. The summed E-state index contributed by atoms with van der Waals surface area (Å²) < 4.78 is 4.73. The molecule has 56 heavy (non-hydrogen) atoms. The van der Waals surface area contributed by atoms with Crippen LogP contribution in [-0.2, 0) is 9.53 Å². The molecule has 0 fully saturated rings. The van der Waals surface area contributed by atoms with Gasteiger partial charge in [-0.2, -0.15) is 0 Å². The zero-order valence-electron chi connectivity index (χ0n) is 27.6. The summed E-state index contributed by atoms with van der Waals surface area (Å²) in [6.45, 7) is -1.63. The molecule has 0 bridgehead atoms. The third-order valence-corrected chi connectivity index (χ3v) is 8.24. The number of carbonyl (C=O) groups excluding carboxylic acids is 5. The van der Waals surface area contributed by atoms with Gasteiger partial charge >= 0.3 is 5.97 Å². The number of phenols is 12. The van der Waals surface area contributed by atoms with Gasteiger partial charge in [0.25, 0.3) is 0 Å². The molecule has 22 heteroatoms. The summed E-state index contributed by atoms with van der Waals surface area (Å²) >= 11 is 0. The topological polar surface area (TPSA) is 418 Å². The predicted molar refractivity (Wildman–Crippen MR) is 176 cm³/mol. The van der Waals surface area contributed by atoms with E-state index in [1.807, 2.05) is 0 Å². The first-order valence-corrected chi connectivity index (χ1v) is 15.1. The molecule has 0 aromatic heterocycles. The van der Waals surface area contributed by atoms with Crippen LogP contribution in [0.1, 0.15) is 41.4 Å². The van der Waals surface area contributed by atoms with Gasteiger partial charge in [-0.15, -0.1) is 0 Å². The summed E-state index contributed by atoms with van der Waals surface area (Å²) in [5.74, 6) is -26.6. The van der Waals surface area contributed by atoms with Crippen molar-refractivity contribution in [3.05, 3.63) is 70.8 Å². The molecule has 0 heterocycles. The van der Waals surface area contributed by atoms with Crippen LogP contribution >= 0.6 is 0 Å². The molecular weight excluding hydrogens is 760 g/mol. The molecule has 0 aliphatic carbocycles. The fourth-order valence-electron chi connectivity index (χ4n) is 5.23. The molecule has 296 valence electrons. The van der Waals surface area contributed by atoms with E-state index >= 15 is 0 Å². The monoisotopic (exact) mass is 788 g/mol. The van der Waals surface area contributed by atoms with Crippen molar-refractivity contribution in [1.29, 1.82) is 0 Å². The van der Waals surface area contributed by atoms with Crippen LogP contribution in [0.5, 0.6) is 69.0 Å². The lowest BCUT2D eigenvalue weighted by Crippen LogP contribution is -2.75. The van der Waals surface area contributed by atoms with Crippen LogP contribution < -0.4 is 0 Å². The molecule has 0 spiro atoms. The van der Waals surface area contributed by atoms with Crippen molar-refractivity contribution in [2.75, 3.05) is 6.61 Å². The number of ether oxygens (including phenoxy) is 1. The van der Waals surface area contributed by atoms with Crippen LogP contribution in [0.2, 0.25) is 0 Å². The van der Waals surface area contributed by atoms with Gasteiger partial charge in [0.15, 0.2) is 74.6 Å². The largest absolute Gasteiger partial charge is 0.504 e. The molecular formula is C34H28O22. The normalized spacial score (nSPS) is 14.4. The van der Waals surface area contributed by atoms with Gasteiger partial charge in [0.2, 0.25) is 28.7 Å². The van der Waals surface area contributed by atoms with Crippen molar-refractivity contribution in [3.63, 3.8) is 0 Å². The Morgan fingerprint density at radius 1 is 0.482 bits per heavy atom. The fourth-order valence-corrected chi connectivity index (χ4v) is 5.23. The maximum Gasteiger partial charge on any atom is 0.338 e. The smallest absolute Gasteiger partial charge is 0.338 e. The number of phenolic OH excluding ortho intramolecular Hbond substituents is 12. The first-order valence-electron chi connectivity index (χ1n) is 15.1. The van der Waals surface area contributed by atoms with E-state index in [2.05, 4.69) is 0 Å². The number of rotatable bonds is 13. The molecule has 0 aliphatic heterocycles. The second-order valence-corrected chi connectivity index (χ2v) is 11.9. The summed E-state index contributed by atoms with van der Waals surface area (Å²) in [6.07, 6.45) is -6.56. The molecule has 16 N–H and O–H groups in total. The first kappa shape index (κ1) is 41.2. The van der Waals surface area contributed by atoms with Gasteiger partial charge in [-0.1, -0.05) is 0 Å². The van der Waals surface area contributed by atoms with E-state index in [0.717, 1.165) is 0 Å². The number of aliphatic hydroxyl groups is 4. The summed E-state index contributed by atoms with van der Waals surface area (Å²) in [7, 11) is 0. The van der Waals surface area contributed by atoms with Crippen molar-refractivity contribution >= 4 is 29.1 Å². The number of aromatic hydroxyl groups is 12. The van der Waals surface area contributed by atoms with E-state index < -0.39 is 150 Å². The van der Waals surface area contributed by atoms with Gasteiger partial charge in [-0.3, -0.25) is 19.2 Å². The van der Waals surface area contributed by atoms with E-state index in [9.17, 15) is 106 Å². The highest BCUT2D eigenvalue weighted by Crippen LogP contribution is 2.44. The SMILES string of the molecule is O=C(OCC(O)C(O)C(O)(C(=O)c1cc(O)c(O)c(O)c1)C(O)(C(=O)C(=O)c1cc(O)c(O)c(O)c1)C(=O)c1cc(O)c(O)c(O)c1)c1cc(O)c(O)c(O)c1. The van der Waals surface area contributed by atoms with E-state index in [1.54, 1.807) is 0 Å². The molecule has 22 nitrogen and oxygen atoms in total. The number of hydrogen-bond acceptors (Lipinski definition) is 22. The molecule has 0 saturated heterocycles. The van der Waals surface area contributed by atoms with Crippen LogP contribution in [0.3, 0.4) is 0 Å². The predicted octanol–water partition coefficient (Wildman–Crippen LogP) is -1.29. The molecule has 4 aromatic carbocycles. The van der Waals surface area contributed by atoms with Crippen LogP contribution in [0.15, 0.2) is 48.5 Å². The second kappa shape index (κ2) is 14.7. The zero-order chi connectivity index (χ0) is 42.4. The van der Waals surface area contributed by atoms with Crippen LogP contribution in [-0.4, -0.2) is 141 Å². The van der Waals surface area contributed by atoms with Gasteiger partial charge in [-0.05, 0) is 48.5 Å². The highest BCUT2D eigenvalue weighted by atomic mass is 16.5. The average Bonchev–Trinajstić information content (AvgIpc) is 3.15. The van der Waals surface area contributed by atoms with Crippen molar-refractivity contribution in [3.8, 4) is 69.0 Å². The van der Waals surface area contributed by atoms with Crippen molar-refractivity contribution in [2.24, 2.45) is 0 Å². The van der Waals surface area contributed by atoms with Gasteiger partial charge in [-0.25, -0.2) is 4.79 Å². The quantitative estimate of drug-likeness (QED) is 0.0246. The van der Waals surface area contributed by atoms with Crippen LogP contribution in [0.4, 0.5) is 0 Å². The zero-order valence-corrected chi connectivity index (χ0v) is 27.6. The number of Topliss-reactive ketones (excluding diaryl/α,β-unsaturated/α-hetero) is 4. The van der Waals surface area contributed by atoms with E-state index in [0.29, 0.717) is 12.1 Å². The molecule has 4 aromatic rings. The van der Waals surface area contributed by atoms with Crippen LogP contribution in [0, 0.1) is 0 Å². The number of benzene rings is 4. The molecule has 0 radical (unpaired) electrons. The Kier molecular flexibility index (Phi) is 10.8. The summed E-state index contributed by atoms with van der Waals surface area (Å²) in [6, 6.07) is 2.38. The first-order chi connectivity index (χ1) is 25.9. The van der Waals surface area contributed by atoms with Crippen molar-refractivity contribution in [1.82, 2.24) is 0 Å². The van der Waals surface area contributed by atoms with E-state index in [-0.39, 0.29) is 36.4 Å². The number of esters is 1. The summed E-state index contributed by atoms with van der Waals surface area (Å²) in [5, 5.41) is 165. The van der Waals surface area contributed by atoms with E-state index in [1.165, 1.54) is 0 Å². The Morgan fingerprint density at radius 3 is 1.14 bits per heavy atom. The molecule has 0 saturated carbocycles. The molecule has 0 aliphatic rings. The lowest BCUT2D eigenvalue weighted by Gasteiger charge is -2.43. The number of hydrogen-bond donors (Lipinski definition) is 16. The minimum atomic E-state index is -4.90. The second-order valence-electron chi connectivity index (χ2n) is 11.9. The Morgan fingerprint density at radius 2 is 0.786 bits per heavy atom.